The fraction of sp³-hybridized carbons (Fsp3) is 0.391. The number of anilines is 2. The van der Waals surface area contributed by atoms with Crippen LogP contribution in [-0.2, 0) is 21.4 Å². The van der Waals surface area contributed by atoms with Gasteiger partial charge in [0.25, 0.3) is 0 Å². The lowest BCUT2D eigenvalue weighted by atomic mass is 9.78. The summed E-state index contributed by atoms with van der Waals surface area (Å²) in [6.45, 7) is 6.97. The van der Waals surface area contributed by atoms with Crippen LogP contribution < -0.4 is 16.0 Å². The van der Waals surface area contributed by atoms with Gasteiger partial charge in [0.1, 0.15) is 11.9 Å². The van der Waals surface area contributed by atoms with Gasteiger partial charge in [-0.1, -0.05) is 32.9 Å². The second-order valence-corrected chi connectivity index (χ2v) is 9.32. The predicted molar refractivity (Wildman–Crippen MR) is 114 cm³/mol. The third-order valence-corrected chi connectivity index (χ3v) is 5.68. The number of nitrogens with zero attached hydrogens (tertiary/aromatic N) is 2. The van der Waals surface area contributed by atoms with E-state index in [2.05, 4.69) is 53.8 Å². The molecular weight excluding hydrogens is 378 g/mol. The molecule has 30 heavy (non-hydrogen) atoms. The number of fused-ring (bicyclic) bond motifs is 2. The standard InChI is InChI=1S/C23H25N5O2/c1-22(2,3)9-14-4-6-17-16(8-14)23(21(30)27-17)10-18(26-13-23)20(29)28-19-7-5-15(11-24)12-25-19/h4-8,12,18,26H,9-10,13H2,1-3H3,(H,27,30)(H,25,28,29). The molecule has 2 aliphatic rings. The van der Waals surface area contributed by atoms with Crippen molar-refractivity contribution in [1.82, 2.24) is 10.3 Å². The van der Waals surface area contributed by atoms with Crippen molar-refractivity contribution in [2.24, 2.45) is 5.41 Å². The SMILES string of the molecule is CC(C)(C)Cc1ccc2c(c1)C1(CNC(C(=O)Nc3ccc(C#N)cn3)C1)C(=O)N2. The summed E-state index contributed by atoms with van der Waals surface area (Å²) in [6, 6.07) is 10.8. The molecule has 0 radical (unpaired) electrons. The van der Waals surface area contributed by atoms with Crippen molar-refractivity contribution in [2.45, 2.75) is 45.1 Å². The van der Waals surface area contributed by atoms with E-state index in [-0.39, 0.29) is 17.2 Å². The van der Waals surface area contributed by atoms with Crippen LogP contribution in [0.1, 0.15) is 43.9 Å². The lowest BCUT2D eigenvalue weighted by Crippen LogP contribution is -2.36. The molecule has 1 aromatic carbocycles. The second-order valence-electron chi connectivity index (χ2n) is 9.32. The zero-order valence-electron chi connectivity index (χ0n) is 17.4. The van der Waals surface area contributed by atoms with E-state index in [1.54, 1.807) is 12.1 Å². The summed E-state index contributed by atoms with van der Waals surface area (Å²) in [7, 11) is 0. The summed E-state index contributed by atoms with van der Waals surface area (Å²) in [4.78, 5) is 29.8. The Morgan fingerprint density at radius 2 is 2.13 bits per heavy atom. The minimum atomic E-state index is -0.747. The van der Waals surface area contributed by atoms with Gasteiger partial charge in [-0.25, -0.2) is 4.98 Å². The third kappa shape index (κ3) is 3.66. The van der Waals surface area contributed by atoms with E-state index in [4.69, 9.17) is 5.26 Å². The topological polar surface area (TPSA) is 107 Å². The molecule has 7 heteroatoms. The van der Waals surface area contributed by atoms with Gasteiger partial charge in [-0.2, -0.15) is 5.26 Å². The van der Waals surface area contributed by atoms with Gasteiger partial charge in [0.15, 0.2) is 0 Å². The molecule has 1 aromatic heterocycles. The first-order chi connectivity index (χ1) is 14.2. The van der Waals surface area contributed by atoms with E-state index < -0.39 is 11.5 Å². The molecule has 2 aromatic rings. The van der Waals surface area contributed by atoms with Crippen LogP contribution in [0, 0.1) is 16.7 Å². The highest BCUT2D eigenvalue weighted by Crippen LogP contribution is 2.44. The first-order valence-corrected chi connectivity index (χ1v) is 10.1. The Morgan fingerprint density at radius 1 is 1.33 bits per heavy atom. The van der Waals surface area contributed by atoms with Crippen molar-refractivity contribution in [3.8, 4) is 6.07 Å². The van der Waals surface area contributed by atoms with Crippen molar-refractivity contribution in [3.63, 3.8) is 0 Å². The molecule has 1 fully saturated rings. The van der Waals surface area contributed by atoms with Crippen LogP contribution in [0.5, 0.6) is 0 Å². The molecule has 2 aliphatic heterocycles. The highest BCUT2D eigenvalue weighted by atomic mass is 16.2. The average Bonchev–Trinajstić information content (AvgIpc) is 3.25. The number of nitrogens with one attached hydrogen (secondary N) is 3. The lowest BCUT2D eigenvalue weighted by Gasteiger charge is -2.23. The van der Waals surface area contributed by atoms with E-state index in [9.17, 15) is 9.59 Å². The summed E-state index contributed by atoms with van der Waals surface area (Å²) < 4.78 is 0. The van der Waals surface area contributed by atoms with Crippen LogP contribution >= 0.6 is 0 Å². The molecule has 1 saturated heterocycles. The fourth-order valence-electron chi connectivity index (χ4n) is 4.28. The van der Waals surface area contributed by atoms with Gasteiger partial charge in [0.2, 0.25) is 11.8 Å². The Balaban J connectivity index is 1.54. The first kappa shape index (κ1) is 20.0. The summed E-state index contributed by atoms with van der Waals surface area (Å²) in [5.41, 5.74) is 2.80. The van der Waals surface area contributed by atoms with Gasteiger partial charge >= 0.3 is 0 Å². The van der Waals surface area contributed by atoms with Crippen molar-refractivity contribution in [1.29, 1.82) is 5.26 Å². The molecule has 3 N–H and O–H groups in total. The van der Waals surface area contributed by atoms with E-state index in [0.717, 1.165) is 17.7 Å². The van der Waals surface area contributed by atoms with E-state index in [1.165, 1.54) is 11.8 Å². The molecule has 0 aliphatic carbocycles. The van der Waals surface area contributed by atoms with Crippen LogP contribution in [0.25, 0.3) is 0 Å². The molecule has 1 spiro atoms. The predicted octanol–water partition coefficient (Wildman–Crippen LogP) is 2.73. The second kappa shape index (κ2) is 7.22. The zero-order valence-corrected chi connectivity index (χ0v) is 17.4. The Bertz CT molecular complexity index is 1050. The highest BCUT2D eigenvalue weighted by Gasteiger charge is 2.53. The zero-order chi connectivity index (χ0) is 21.5. The monoisotopic (exact) mass is 403 g/mol. The van der Waals surface area contributed by atoms with Crippen molar-refractivity contribution >= 4 is 23.3 Å². The van der Waals surface area contributed by atoms with Crippen molar-refractivity contribution in [2.75, 3.05) is 17.2 Å². The molecule has 2 unspecified atom stereocenters. The maximum atomic E-state index is 12.9. The number of carbonyl (C=O) groups excluding carboxylic acids is 2. The van der Waals surface area contributed by atoms with Crippen molar-refractivity contribution in [3.05, 3.63) is 53.2 Å². The van der Waals surface area contributed by atoms with Crippen LogP contribution in [-0.4, -0.2) is 29.4 Å². The first-order valence-electron chi connectivity index (χ1n) is 10.1. The van der Waals surface area contributed by atoms with Crippen LogP contribution in [0.15, 0.2) is 36.5 Å². The number of hydrogen-bond acceptors (Lipinski definition) is 5. The molecular formula is C23H25N5O2. The minimum Gasteiger partial charge on any atom is -0.325 e. The minimum absolute atomic E-state index is 0.0651. The summed E-state index contributed by atoms with van der Waals surface area (Å²) >= 11 is 0. The number of carbonyl (C=O) groups is 2. The number of nitriles is 1. The number of pyridine rings is 1. The average molecular weight is 403 g/mol. The normalized spacial score (nSPS) is 22.5. The summed E-state index contributed by atoms with van der Waals surface area (Å²) in [5.74, 6) is 0.0753. The Labute approximate surface area is 175 Å². The molecule has 7 nitrogen and oxygen atoms in total. The molecule has 2 atom stereocenters. The lowest BCUT2D eigenvalue weighted by molar-refractivity contribution is -0.120. The summed E-state index contributed by atoms with van der Waals surface area (Å²) in [6.07, 6.45) is 2.70. The molecule has 0 saturated carbocycles. The Hall–Kier alpha value is -3.24. The van der Waals surface area contributed by atoms with Gasteiger partial charge in [-0.15, -0.1) is 0 Å². The quantitative estimate of drug-likeness (QED) is 0.731. The van der Waals surface area contributed by atoms with Gasteiger partial charge in [-0.3, -0.25) is 9.59 Å². The van der Waals surface area contributed by atoms with Gasteiger partial charge in [0, 0.05) is 18.4 Å². The molecule has 4 rings (SSSR count). The Kier molecular flexibility index (Phi) is 4.83. The van der Waals surface area contributed by atoms with E-state index in [1.807, 2.05) is 12.1 Å². The molecule has 2 amide bonds. The number of rotatable bonds is 3. The number of hydrogen-bond donors (Lipinski definition) is 3. The maximum absolute atomic E-state index is 12.9. The molecule has 3 heterocycles. The van der Waals surface area contributed by atoms with Gasteiger partial charge in [0.05, 0.1) is 17.0 Å². The smallest absolute Gasteiger partial charge is 0.242 e. The largest absolute Gasteiger partial charge is 0.325 e. The third-order valence-electron chi connectivity index (χ3n) is 5.68. The van der Waals surface area contributed by atoms with Crippen molar-refractivity contribution < 1.29 is 9.59 Å². The van der Waals surface area contributed by atoms with Crippen LogP contribution in [0.2, 0.25) is 0 Å². The van der Waals surface area contributed by atoms with E-state index in [0.29, 0.717) is 24.3 Å². The van der Waals surface area contributed by atoms with Crippen LogP contribution in [0.3, 0.4) is 0 Å². The molecule has 154 valence electrons. The maximum Gasteiger partial charge on any atom is 0.242 e. The van der Waals surface area contributed by atoms with Gasteiger partial charge < -0.3 is 16.0 Å². The Morgan fingerprint density at radius 3 is 2.80 bits per heavy atom. The fourth-order valence-corrected chi connectivity index (χ4v) is 4.28. The highest BCUT2D eigenvalue weighted by molar-refractivity contribution is 6.08. The number of amides is 2. The number of benzene rings is 1. The molecule has 0 bridgehead atoms. The van der Waals surface area contributed by atoms with E-state index >= 15 is 0 Å². The van der Waals surface area contributed by atoms with Crippen LogP contribution in [0.4, 0.5) is 11.5 Å². The van der Waals surface area contributed by atoms with Gasteiger partial charge in [-0.05, 0) is 47.6 Å². The summed E-state index contributed by atoms with van der Waals surface area (Å²) in [5, 5.41) is 17.8. The number of aromatic nitrogens is 1.